The van der Waals surface area contributed by atoms with Crippen molar-refractivity contribution in [1.82, 2.24) is 20.1 Å². The topological polar surface area (TPSA) is 52.0 Å². The fraction of sp³-hybridized carbons (Fsp3) is 0.385. The first-order valence-corrected chi connectivity index (χ1v) is 6.08. The average molecular weight is 246 g/mol. The fourth-order valence-electron chi connectivity index (χ4n) is 1.70. The maximum absolute atomic E-state index is 5.13. The SMILES string of the molecule is CCCNCc1cccnc1-n1cc(OC)cn1. The number of nitrogens with zero attached hydrogens (tertiary/aromatic N) is 3. The summed E-state index contributed by atoms with van der Waals surface area (Å²) in [6.45, 7) is 3.94. The van der Waals surface area contributed by atoms with E-state index in [0.29, 0.717) is 0 Å². The lowest BCUT2D eigenvalue weighted by Crippen LogP contribution is -2.16. The molecule has 1 N–H and O–H groups in total. The third-order valence-electron chi connectivity index (χ3n) is 2.62. The van der Waals surface area contributed by atoms with Gasteiger partial charge >= 0.3 is 0 Å². The number of pyridine rings is 1. The van der Waals surface area contributed by atoms with Crippen molar-refractivity contribution >= 4 is 0 Å². The van der Waals surface area contributed by atoms with Crippen molar-refractivity contribution in [1.29, 1.82) is 0 Å². The minimum absolute atomic E-state index is 0.730. The number of rotatable bonds is 6. The Morgan fingerprint density at radius 1 is 1.44 bits per heavy atom. The van der Waals surface area contributed by atoms with Crippen molar-refractivity contribution in [2.24, 2.45) is 0 Å². The molecule has 5 nitrogen and oxygen atoms in total. The first-order valence-electron chi connectivity index (χ1n) is 6.08. The fourth-order valence-corrected chi connectivity index (χ4v) is 1.70. The lowest BCUT2D eigenvalue weighted by molar-refractivity contribution is 0.414. The van der Waals surface area contributed by atoms with Crippen LogP contribution in [0.5, 0.6) is 5.75 Å². The van der Waals surface area contributed by atoms with Crippen molar-refractivity contribution in [3.05, 3.63) is 36.3 Å². The number of aromatic nitrogens is 3. The minimum Gasteiger partial charge on any atom is -0.493 e. The van der Waals surface area contributed by atoms with Crippen LogP contribution in [-0.2, 0) is 6.54 Å². The Hall–Kier alpha value is -1.88. The first kappa shape index (κ1) is 12.6. The molecular weight excluding hydrogens is 228 g/mol. The molecule has 0 bridgehead atoms. The quantitative estimate of drug-likeness (QED) is 0.789. The zero-order valence-electron chi connectivity index (χ0n) is 10.8. The highest BCUT2D eigenvalue weighted by molar-refractivity contribution is 5.34. The van der Waals surface area contributed by atoms with E-state index in [1.165, 1.54) is 0 Å². The van der Waals surface area contributed by atoms with Crippen LogP contribution in [0, 0.1) is 0 Å². The highest BCUT2D eigenvalue weighted by Gasteiger charge is 2.07. The van der Waals surface area contributed by atoms with Crippen molar-refractivity contribution in [3.8, 4) is 11.6 Å². The molecular formula is C13H18N4O. The summed E-state index contributed by atoms with van der Waals surface area (Å²) in [6, 6.07) is 3.99. The molecule has 0 fully saturated rings. The van der Waals surface area contributed by atoms with Crippen LogP contribution >= 0.6 is 0 Å². The smallest absolute Gasteiger partial charge is 0.157 e. The second-order valence-corrected chi connectivity index (χ2v) is 3.99. The van der Waals surface area contributed by atoms with Gasteiger partial charge in [-0.1, -0.05) is 13.0 Å². The van der Waals surface area contributed by atoms with Gasteiger partial charge in [-0.05, 0) is 19.0 Å². The summed E-state index contributed by atoms with van der Waals surface area (Å²) >= 11 is 0. The summed E-state index contributed by atoms with van der Waals surface area (Å²) in [5.41, 5.74) is 1.12. The van der Waals surface area contributed by atoms with Crippen LogP contribution in [0.2, 0.25) is 0 Å². The molecule has 96 valence electrons. The van der Waals surface area contributed by atoms with Gasteiger partial charge in [-0.2, -0.15) is 5.10 Å². The van der Waals surface area contributed by atoms with E-state index in [-0.39, 0.29) is 0 Å². The van der Waals surface area contributed by atoms with Gasteiger partial charge in [-0.25, -0.2) is 9.67 Å². The summed E-state index contributed by atoms with van der Waals surface area (Å²) in [6.07, 6.45) is 6.39. The van der Waals surface area contributed by atoms with Gasteiger partial charge < -0.3 is 10.1 Å². The molecule has 2 aromatic rings. The monoisotopic (exact) mass is 246 g/mol. The molecule has 0 unspecified atom stereocenters. The van der Waals surface area contributed by atoms with Crippen LogP contribution < -0.4 is 10.1 Å². The molecule has 0 spiro atoms. The minimum atomic E-state index is 0.730. The molecule has 18 heavy (non-hydrogen) atoms. The number of hydrogen-bond acceptors (Lipinski definition) is 4. The lowest BCUT2D eigenvalue weighted by atomic mass is 10.2. The highest BCUT2D eigenvalue weighted by atomic mass is 16.5. The third kappa shape index (κ3) is 2.87. The van der Waals surface area contributed by atoms with E-state index >= 15 is 0 Å². The van der Waals surface area contributed by atoms with E-state index in [1.54, 1.807) is 24.2 Å². The average Bonchev–Trinajstić information content (AvgIpc) is 2.88. The molecule has 0 aliphatic heterocycles. The number of methoxy groups -OCH3 is 1. The third-order valence-corrected chi connectivity index (χ3v) is 2.62. The van der Waals surface area contributed by atoms with Gasteiger partial charge in [0.05, 0.1) is 19.5 Å². The summed E-state index contributed by atoms with van der Waals surface area (Å²) in [5, 5.41) is 7.62. The van der Waals surface area contributed by atoms with E-state index in [2.05, 4.69) is 28.4 Å². The van der Waals surface area contributed by atoms with Crippen molar-refractivity contribution < 1.29 is 4.74 Å². The summed E-state index contributed by atoms with van der Waals surface area (Å²) in [5.74, 6) is 1.57. The van der Waals surface area contributed by atoms with E-state index in [4.69, 9.17) is 4.74 Å². The van der Waals surface area contributed by atoms with Gasteiger partial charge in [0.1, 0.15) is 0 Å². The van der Waals surface area contributed by atoms with E-state index < -0.39 is 0 Å². The largest absolute Gasteiger partial charge is 0.493 e. The van der Waals surface area contributed by atoms with Crippen molar-refractivity contribution in [2.75, 3.05) is 13.7 Å². The Morgan fingerprint density at radius 2 is 2.33 bits per heavy atom. The van der Waals surface area contributed by atoms with Gasteiger partial charge in [-0.15, -0.1) is 0 Å². The van der Waals surface area contributed by atoms with Gasteiger partial charge in [0.2, 0.25) is 0 Å². The molecule has 0 amide bonds. The maximum atomic E-state index is 5.13. The molecule has 2 aromatic heterocycles. The second kappa shape index (κ2) is 6.16. The lowest BCUT2D eigenvalue weighted by Gasteiger charge is -2.08. The van der Waals surface area contributed by atoms with E-state index in [9.17, 15) is 0 Å². The van der Waals surface area contributed by atoms with Gasteiger partial charge in [-0.3, -0.25) is 0 Å². The summed E-state index contributed by atoms with van der Waals surface area (Å²) in [4.78, 5) is 4.38. The normalized spacial score (nSPS) is 10.6. The zero-order chi connectivity index (χ0) is 12.8. The van der Waals surface area contributed by atoms with Crippen LogP contribution in [0.3, 0.4) is 0 Å². The van der Waals surface area contributed by atoms with Crippen LogP contribution in [0.15, 0.2) is 30.7 Å². The van der Waals surface area contributed by atoms with E-state index in [0.717, 1.165) is 36.6 Å². The van der Waals surface area contributed by atoms with Crippen molar-refractivity contribution in [2.45, 2.75) is 19.9 Å². The van der Waals surface area contributed by atoms with E-state index in [1.807, 2.05) is 12.3 Å². The first-order chi connectivity index (χ1) is 8.85. The second-order valence-electron chi connectivity index (χ2n) is 3.99. The van der Waals surface area contributed by atoms with Gasteiger partial charge in [0.15, 0.2) is 11.6 Å². The predicted molar refractivity (Wildman–Crippen MR) is 69.9 cm³/mol. The molecule has 0 atom stereocenters. The summed E-state index contributed by atoms with van der Waals surface area (Å²) < 4.78 is 6.87. The molecule has 2 heterocycles. The molecule has 0 saturated carbocycles. The zero-order valence-corrected chi connectivity index (χ0v) is 10.8. The van der Waals surface area contributed by atoms with Crippen molar-refractivity contribution in [3.63, 3.8) is 0 Å². The standard InChI is InChI=1S/C13H18N4O/c1-3-6-14-8-11-5-4-7-15-13(11)17-10-12(18-2)9-16-17/h4-5,7,9-10,14H,3,6,8H2,1-2H3. The molecule has 0 saturated heterocycles. The summed E-state index contributed by atoms with van der Waals surface area (Å²) in [7, 11) is 1.63. The Balaban J connectivity index is 2.20. The molecule has 2 rings (SSSR count). The Labute approximate surface area is 107 Å². The molecule has 0 aliphatic rings. The number of ether oxygens (including phenoxy) is 1. The van der Waals surface area contributed by atoms with Crippen LogP contribution in [-0.4, -0.2) is 28.4 Å². The predicted octanol–water partition coefficient (Wildman–Crippen LogP) is 1.78. The van der Waals surface area contributed by atoms with Gasteiger partial charge in [0, 0.05) is 18.3 Å². The highest BCUT2D eigenvalue weighted by Crippen LogP contribution is 2.14. The van der Waals surface area contributed by atoms with Crippen LogP contribution in [0.4, 0.5) is 0 Å². The molecule has 0 radical (unpaired) electrons. The molecule has 0 aliphatic carbocycles. The number of hydrogen-bond donors (Lipinski definition) is 1. The molecule has 5 heteroatoms. The number of nitrogens with one attached hydrogen (secondary N) is 1. The maximum Gasteiger partial charge on any atom is 0.157 e. The Kier molecular flexibility index (Phi) is 4.30. The molecule has 0 aromatic carbocycles. The Bertz CT molecular complexity index is 495. The Morgan fingerprint density at radius 3 is 3.06 bits per heavy atom. The van der Waals surface area contributed by atoms with Gasteiger partial charge in [0.25, 0.3) is 0 Å². The van der Waals surface area contributed by atoms with Crippen LogP contribution in [0.25, 0.3) is 5.82 Å². The van der Waals surface area contributed by atoms with Crippen LogP contribution in [0.1, 0.15) is 18.9 Å².